The van der Waals surface area contributed by atoms with Crippen LogP contribution in [0.1, 0.15) is 59.4 Å². The molecule has 9 heteroatoms. The molecular weight excluding hydrogens is 410 g/mol. The van der Waals surface area contributed by atoms with Crippen LogP contribution in [0.25, 0.3) is 5.57 Å². The number of hydrogen-bond acceptors (Lipinski definition) is 7. The summed E-state index contributed by atoms with van der Waals surface area (Å²) < 4.78 is 5.53. The molecule has 0 aromatic heterocycles. The van der Waals surface area contributed by atoms with E-state index in [1.54, 1.807) is 27.8 Å². The largest absolute Gasteiger partial charge is 0.459 e. The molecule has 0 saturated carbocycles. The number of hydrazine groups is 3. The van der Waals surface area contributed by atoms with Gasteiger partial charge < -0.3 is 4.74 Å². The number of allylic oxidation sites excluding steroid dienone is 1. The Morgan fingerprint density at radius 3 is 2.31 bits per heavy atom. The van der Waals surface area contributed by atoms with Gasteiger partial charge in [-0.3, -0.25) is 25.2 Å². The second-order valence-electron chi connectivity index (χ2n) is 8.59. The van der Waals surface area contributed by atoms with Crippen molar-refractivity contribution in [2.24, 2.45) is 11.8 Å². The lowest BCUT2D eigenvalue weighted by molar-refractivity contribution is -0.160. The van der Waals surface area contributed by atoms with E-state index in [1.807, 2.05) is 55.7 Å². The number of rotatable bonds is 11. The van der Waals surface area contributed by atoms with Gasteiger partial charge in [0.1, 0.15) is 17.6 Å². The van der Waals surface area contributed by atoms with E-state index in [4.69, 9.17) is 10.6 Å². The smallest absolute Gasteiger partial charge is 0.325 e. The summed E-state index contributed by atoms with van der Waals surface area (Å²) in [6.45, 7) is 9.21. The summed E-state index contributed by atoms with van der Waals surface area (Å²) in [7, 11) is 1.55. The van der Waals surface area contributed by atoms with Gasteiger partial charge in [0.05, 0.1) is 0 Å². The summed E-state index contributed by atoms with van der Waals surface area (Å²) >= 11 is 0. The van der Waals surface area contributed by atoms with E-state index in [-0.39, 0.29) is 0 Å². The van der Waals surface area contributed by atoms with Crippen molar-refractivity contribution in [1.82, 2.24) is 21.4 Å². The maximum absolute atomic E-state index is 12.8. The number of esters is 1. The van der Waals surface area contributed by atoms with Crippen LogP contribution >= 0.6 is 0 Å². The maximum Gasteiger partial charge on any atom is 0.325 e. The molecule has 0 aliphatic carbocycles. The Hall–Kier alpha value is -2.75. The number of ether oxygens (including phenoxy) is 1. The fourth-order valence-corrected chi connectivity index (χ4v) is 2.97. The van der Waals surface area contributed by atoms with Crippen LogP contribution in [-0.2, 0) is 19.1 Å². The van der Waals surface area contributed by atoms with Crippen molar-refractivity contribution >= 4 is 23.4 Å². The lowest BCUT2D eigenvalue weighted by atomic mass is 10.0. The lowest BCUT2D eigenvalue weighted by Gasteiger charge is -2.28. The van der Waals surface area contributed by atoms with Crippen LogP contribution < -0.4 is 22.1 Å². The van der Waals surface area contributed by atoms with Gasteiger partial charge in [0.15, 0.2) is 0 Å². The number of benzene rings is 1. The highest BCUT2D eigenvalue weighted by molar-refractivity contribution is 5.99. The highest BCUT2D eigenvalue weighted by atomic mass is 16.6. The molecule has 32 heavy (non-hydrogen) atoms. The van der Waals surface area contributed by atoms with E-state index >= 15 is 0 Å². The topological polar surface area (TPSA) is 126 Å². The predicted octanol–water partition coefficient (Wildman–Crippen LogP) is 2.06. The lowest BCUT2D eigenvalue weighted by Crippen LogP contribution is -2.57. The molecule has 0 saturated heterocycles. The number of nitrogens with zero attached hydrogens (tertiary/aromatic N) is 1. The van der Waals surface area contributed by atoms with Gasteiger partial charge in [-0.2, -0.15) is 5.12 Å². The molecule has 0 fully saturated rings. The van der Waals surface area contributed by atoms with Crippen LogP contribution in [0.3, 0.4) is 0 Å². The average Bonchev–Trinajstić information content (AvgIpc) is 2.73. The first-order valence-corrected chi connectivity index (χ1v) is 10.7. The molecule has 2 amide bonds. The molecule has 1 aromatic carbocycles. The van der Waals surface area contributed by atoms with E-state index < -0.39 is 35.3 Å². The molecule has 178 valence electrons. The normalized spacial score (nSPS) is 13.9. The van der Waals surface area contributed by atoms with Crippen LogP contribution in [0.5, 0.6) is 0 Å². The Bertz CT molecular complexity index is 789. The maximum atomic E-state index is 12.8. The molecule has 5 N–H and O–H groups in total. The van der Waals surface area contributed by atoms with Gasteiger partial charge in [-0.05, 0) is 51.7 Å². The van der Waals surface area contributed by atoms with Crippen molar-refractivity contribution < 1.29 is 19.1 Å². The van der Waals surface area contributed by atoms with Crippen LogP contribution in [-0.4, -0.2) is 41.6 Å². The molecular formula is C23H37N5O4. The minimum absolute atomic E-state index is 0.331. The van der Waals surface area contributed by atoms with E-state index in [0.29, 0.717) is 19.3 Å². The number of carbonyl (C=O) groups is 3. The number of amides is 2. The second kappa shape index (κ2) is 12.9. The molecule has 1 rings (SSSR count). The summed E-state index contributed by atoms with van der Waals surface area (Å²) in [6.07, 6.45) is 3.25. The number of carbonyl (C=O) groups excluding carboxylic acids is 3. The summed E-state index contributed by atoms with van der Waals surface area (Å²) in [4.78, 5) is 37.2. The van der Waals surface area contributed by atoms with E-state index in [1.165, 1.54) is 5.12 Å². The third kappa shape index (κ3) is 9.59. The summed E-state index contributed by atoms with van der Waals surface area (Å²) in [6, 6.07) is 9.06. The highest BCUT2D eigenvalue weighted by Crippen LogP contribution is 2.16. The Morgan fingerprint density at radius 2 is 1.78 bits per heavy atom. The number of hydrogen-bond donors (Lipinski definition) is 4. The van der Waals surface area contributed by atoms with Crippen molar-refractivity contribution in [3.05, 3.63) is 42.0 Å². The SMILES string of the molecule is CCC[C@H](C(=O)NN)C(=O)NN(C)N[C@@H](C/C=C(\C)c1ccccc1)C(=O)OC(C)(C)C. The molecule has 0 aliphatic rings. The van der Waals surface area contributed by atoms with Gasteiger partial charge in [0, 0.05) is 7.05 Å². The summed E-state index contributed by atoms with van der Waals surface area (Å²) in [5.41, 5.74) is 8.95. The molecule has 0 unspecified atom stereocenters. The first-order chi connectivity index (χ1) is 15.0. The van der Waals surface area contributed by atoms with E-state index in [0.717, 1.165) is 11.1 Å². The van der Waals surface area contributed by atoms with Crippen LogP contribution in [0.15, 0.2) is 36.4 Å². The summed E-state index contributed by atoms with van der Waals surface area (Å²) in [5, 5.41) is 1.27. The first kappa shape index (κ1) is 27.3. The molecule has 2 atom stereocenters. The molecule has 0 heterocycles. The monoisotopic (exact) mass is 447 g/mol. The predicted molar refractivity (Wildman–Crippen MR) is 124 cm³/mol. The molecule has 0 aliphatic heterocycles. The van der Waals surface area contributed by atoms with Crippen molar-refractivity contribution in [1.29, 1.82) is 0 Å². The third-order valence-corrected chi connectivity index (χ3v) is 4.56. The highest BCUT2D eigenvalue weighted by Gasteiger charge is 2.29. The van der Waals surface area contributed by atoms with Gasteiger partial charge in [-0.25, -0.2) is 11.3 Å². The molecule has 0 radical (unpaired) electrons. The standard InChI is InChI=1S/C23H37N5O4/c1-7-11-18(20(29)25-24)21(30)27-28(6)26-19(22(31)32-23(3,4)5)15-14-16(2)17-12-9-8-10-13-17/h8-10,12-14,18-19,26H,7,11,15,24H2,1-6H3,(H,25,29)(H,27,30)/b16-14+/t18-,19+/m1/s1. The molecule has 1 aromatic rings. The van der Waals surface area contributed by atoms with Crippen molar-refractivity contribution in [3.63, 3.8) is 0 Å². The fraction of sp³-hybridized carbons (Fsp3) is 0.522. The average molecular weight is 448 g/mol. The fourth-order valence-electron chi connectivity index (χ4n) is 2.97. The Kier molecular flexibility index (Phi) is 11.0. The van der Waals surface area contributed by atoms with E-state index in [9.17, 15) is 14.4 Å². The van der Waals surface area contributed by atoms with Crippen molar-refractivity contribution in [2.45, 2.75) is 65.5 Å². The Morgan fingerprint density at radius 1 is 1.16 bits per heavy atom. The minimum Gasteiger partial charge on any atom is -0.459 e. The van der Waals surface area contributed by atoms with Gasteiger partial charge in [0.25, 0.3) is 0 Å². The zero-order valence-electron chi connectivity index (χ0n) is 19.9. The molecule has 9 nitrogen and oxygen atoms in total. The van der Waals surface area contributed by atoms with Crippen molar-refractivity contribution in [3.8, 4) is 0 Å². The summed E-state index contributed by atoms with van der Waals surface area (Å²) in [5.74, 6) is 2.71. The van der Waals surface area contributed by atoms with Crippen LogP contribution in [0.4, 0.5) is 0 Å². The minimum atomic E-state index is -0.936. The van der Waals surface area contributed by atoms with Crippen LogP contribution in [0.2, 0.25) is 0 Å². The van der Waals surface area contributed by atoms with Gasteiger partial charge >= 0.3 is 5.97 Å². The third-order valence-electron chi connectivity index (χ3n) is 4.56. The molecule has 0 spiro atoms. The van der Waals surface area contributed by atoms with Crippen molar-refractivity contribution in [2.75, 3.05) is 7.05 Å². The zero-order chi connectivity index (χ0) is 24.3. The van der Waals surface area contributed by atoms with E-state index in [2.05, 4.69) is 10.9 Å². The second-order valence-corrected chi connectivity index (χ2v) is 8.59. The Balaban J connectivity index is 2.93. The van der Waals surface area contributed by atoms with Gasteiger partial charge in [0.2, 0.25) is 11.8 Å². The first-order valence-electron chi connectivity index (χ1n) is 10.7. The Labute approximate surface area is 190 Å². The van der Waals surface area contributed by atoms with Crippen LogP contribution in [0, 0.1) is 5.92 Å². The quantitative estimate of drug-likeness (QED) is 0.134. The van der Waals surface area contributed by atoms with Gasteiger partial charge in [-0.15, -0.1) is 0 Å². The number of nitrogens with two attached hydrogens (primary N) is 1. The zero-order valence-corrected chi connectivity index (χ0v) is 19.9. The van der Waals surface area contributed by atoms with Gasteiger partial charge in [-0.1, -0.05) is 49.8 Å². The number of nitrogens with one attached hydrogen (secondary N) is 3. The molecule has 0 bridgehead atoms.